The molecule has 3 aliphatic rings. The Labute approximate surface area is 261 Å². The van der Waals surface area contributed by atoms with Crippen LogP contribution in [0.25, 0.3) is 5.70 Å². The van der Waals surface area contributed by atoms with Gasteiger partial charge in [0.1, 0.15) is 0 Å². The Hall–Kier alpha value is -2.37. The number of hydrogen-bond acceptors (Lipinski definition) is 2. The van der Waals surface area contributed by atoms with Gasteiger partial charge in [0.15, 0.2) is 23.3 Å². The number of benzene rings is 1. The molecular weight excluding hydrogens is 548 g/mol. The van der Waals surface area contributed by atoms with Gasteiger partial charge < -0.3 is 10.7 Å². The number of fused-ring (bicyclic) bond motifs is 3. The van der Waals surface area contributed by atoms with E-state index < -0.39 is 34.4 Å². The maximum atomic E-state index is 13.6. The molecule has 1 aromatic rings. The fourth-order valence-corrected chi connectivity index (χ4v) is 7.85. The van der Waals surface area contributed by atoms with E-state index in [-0.39, 0.29) is 14.6 Å². The smallest absolute Gasteiger partial charge is 0.171 e. The number of halogens is 4. The summed E-state index contributed by atoms with van der Waals surface area (Å²) < 4.78 is 53.9. The fraction of sp³-hybridized carbons (Fsp3) is 0.649. The van der Waals surface area contributed by atoms with Crippen LogP contribution in [-0.4, -0.2) is 5.71 Å². The number of nitrogens with one attached hydrogen (secondary N) is 2. The van der Waals surface area contributed by atoms with Crippen molar-refractivity contribution in [3.63, 3.8) is 0 Å². The average Bonchev–Trinajstić information content (AvgIpc) is 2.96. The number of allylic oxidation sites excluding steroid dienone is 2. The van der Waals surface area contributed by atoms with Gasteiger partial charge in [-0.2, -0.15) is 0 Å². The van der Waals surface area contributed by atoms with E-state index in [9.17, 15) is 17.6 Å². The molecule has 0 aliphatic heterocycles. The van der Waals surface area contributed by atoms with E-state index in [1.165, 1.54) is 44.9 Å². The Kier molecular flexibility index (Phi) is 14.5. The summed E-state index contributed by atoms with van der Waals surface area (Å²) in [5.41, 5.74) is 0.682. The van der Waals surface area contributed by atoms with Crippen molar-refractivity contribution in [3.8, 4) is 0 Å². The Morgan fingerprint density at radius 3 is 2.12 bits per heavy atom. The summed E-state index contributed by atoms with van der Waals surface area (Å²) in [4.78, 5) is 0. The zero-order valence-corrected chi connectivity index (χ0v) is 27.1. The quantitative estimate of drug-likeness (QED) is 0.180. The van der Waals surface area contributed by atoms with E-state index in [0.717, 1.165) is 49.1 Å². The highest BCUT2D eigenvalue weighted by Crippen LogP contribution is 2.63. The SMILES string of the molecule is C.C=C(CC)NC(=C)c1c(F)c(F)c(C)c(F)c1F.C=CCCC1C2CCC3CC(=N)CCC3(C)C2CCC1(C)C.CC.[HH]. The summed E-state index contributed by atoms with van der Waals surface area (Å²) in [7, 11) is 0. The van der Waals surface area contributed by atoms with Gasteiger partial charge in [-0.3, -0.25) is 0 Å². The molecule has 0 bridgehead atoms. The van der Waals surface area contributed by atoms with E-state index in [2.05, 4.69) is 51.9 Å². The third-order valence-corrected chi connectivity index (χ3v) is 10.4. The normalized spacial score (nSPS) is 27.0. The predicted octanol–water partition coefficient (Wildman–Crippen LogP) is 12.2. The topological polar surface area (TPSA) is 35.9 Å². The van der Waals surface area contributed by atoms with Crippen molar-refractivity contribution in [2.75, 3.05) is 0 Å². The number of rotatable bonds is 7. The molecule has 246 valence electrons. The molecule has 43 heavy (non-hydrogen) atoms. The van der Waals surface area contributed by atoms with E-state index in [4.69, 9.17) is 5.41 Å². The van der Waals surface area contributed by atoms with Crippen molar-refractivity contribution in [2.24, 2.45) is 34.5 Å². The Morgan fingerprint density at radius 1 is 1.00 bits per heavy atom. The minimum atomic E-state index is -1.46. The van der Waals surface area contributed by atoms with Crippen molar-refractivity contribution >= 4 is 11.4 Å². The van der Waals surface area contributed by atoms with Gasteiger partial charge in [0, 0.05) is 24.1 Å². The molecule has 6 heteroatoms. The molecule has 0 radical (unpaired) electrons. The molecule has 0 spiro atoms. The summed E-state index contributed by atoms with van der Waals surface area (Å²) in [6, 6.07) is 0. The maximum absolute atomic E-state index is 13.6. The highest BCUT2D eigenvalue weighted by molar-refractivity contribution is 5.82. The molecule has 0 heterocycles. The first-order valence-corrected chi connectivity index (χ1v) is 15.8. The predicted molar refractivity (Wildman–Crippen MR) is 178 cm³/mol. The average molecular weight is 609 g/mol. The summed E-state index contributed by atoms with van der Waals surface area (Å²) in [6.07, 6.45) is 14.2. The molecular formula is C37H60F4N2. The third kappa shape index (κ3) is 8.22. The first-order chi connectivity index (χ1) is 19.7. The van der Waals surface area contributed by atoms with Gasteiger partial charge in [-0.05, 0) is 106 Å². The van der Waals surface area contributed by atoms with Crippen LogP contribution in [0.2, 0.25) is 0 Å². The molecule has 3 fully saturated rings. The van der Waals surface area contributed by atoms with Gasteiger partial charge in [-0.15, -0.1) is 6.58 Å². The lowest BCUT2D eigenvalue weighted by molar-refractivity contribution is -0.0990. The monoisotopic (exact) mass is 608 g/mol. The lowest BCUT2D eigenvalue weighted by atomic mass is 9.44. The van der Waals surface area contributed by atoms with Crippen LogP contribution in [0.3, 0.4) is 0 Å². The minimum absolute atomic E-state index is 0. The lowest BCUT2D eigenvalue weighted by Gasteiger charge is -2.60. The molecule has 5 atom stereocenters. The first kappa shape index (κ1) is 38.7. The van der Waals surface area contributed by atoms with Crippen LogP contribution in [0.4, 0.5) is 17.6 Å². The van der Waals surface area contributed by atoms with Gasteiger partial charge in [0.2, 0.25) is 0 Å². The van der Waals surface area contributed by atoms with Gasteiger partial charge >= 0.3 is 0 Å². The second kappa shape index (κ2) is 16.1. The molecule has 5 unspecified atom stereocenters. The van der Waals surface area contributed by atoms with Crippen LogP contribution >= 0.6 is 0 Å². The van der Waals surface area contributed by atoms with Gasteiger partial charge in [-0.25, -0.2) is 17.6 Å². The van der Waals surface area contributed by atoms with Crippen molar-refractivity contribution in [2.45, 2.75) is 120 Å². The largest absolute Gasteiger partial charge is 0.359 e. The van der Waals surface area contributed by atoms with Crippen LogP contribution in [0.5, 0.6) is 0 Å². The van der Waals surface area contributed by atoms with Crippen LogP contribution in [0.1, 0.15) is 126 Å². The zero-order chi connectivity index (χ0) is 32.0. The van der Waals surface area contributed by atoms with Crippen LogP contribution < -0.4 is 5.32 Å². The van der Waals surface area contributed by atoms with E-state index in [1.807, 2.05) is 13.8 Å². The van der Waals surface area contributed by atoms with Crippen molar-refractivity contribution in [3.05, 3.63) is 65.9 Å². The third-order valence-electron chi connectivity index (χ3n) is 10.4. The van der Waals surface area contributed by atoms with Crippen LogP contribution in [0.15, 0.2) is 31.5 Å². The zero-order valence-electron chi connectivity index (χ0n) is 27.1. The Bertz CT molecular complexity index is 1130. The molecule has 2 nitrogen and oxygen atoms in total. The van der Waals surface area contributed by atoms with Crippen molar-refractivity contribution in [1.82, 2.24) is 5.32 Å². The van der Waals surface area contributed by atoms with Gasteiger partial charge in [-0.1, -0.05) is 68.2 Å². The molecule has 4 rings (SSSR count). The molecule has 1 aromatic carbocycles. The summed E-state index contributed by atoms with van der Waals surface area (Å²) in [5.74, 6) is -2.25. The molecule has 0 amide bonds. The second-order valence-electron chi connectivity index (χ2n) is 13.2. The lowest BCUT2D eigenvalue weighted by Crippen LogP contribution is -2.53. The summed E-state index contributed by atoms with van der Waals surface area (Å²) >= 11 is 0. The molecule has 0 aromatic heterocycles. The highest BCUT2D eigenvalue weighted by atomic mass is 19.2. The molecule has 3 saturated carbocycles. The Balaban J connectivity index is 0.000000777. The summed E-state index contributed by atoms with van der Waals surface area (Å²) in [6.45, 7) is 25.2. The standard InChI is InChI=1S/C21H35N.C13H13F4N.C2H6.CH4.H2/c1-5-6-7-18-17-9-8-15-14-16(22)10-13-21(15,4)19(17)11-12-20(18,2)3;1-5-6(2)18-8(4)9-12(16)10(14)7(3)11(15)13(9)17;1-2;;/h5,15,17-19,22H,1,6-14H2,2-4H3;18H,2,4-5H2,1,3H3;1-2H3;1H4;1H. The van der Waals surface area contributed by atoms with Gasteiger partial charge in [0.25, 0.3) is 0 Å². The second-order valence-corrected chi connectivity index (χ2v) is 13.2. The van der Waals surface area contributed by atoms with Gasteiger partial charge in [0.05, 0.1) is 5.56 Å². The maximum Gasteiger partial charge on any atom is 0.171 e. The molecule has 3 aliphatic carbocycles. The van der Waals surface area contributed by atoms with E-state index >= 15 is 0 Å². The fourth-order valence-electron chi connectivity index (χ4n) is 7.85. The molecule has 2 N–H and O–H groups in total. The summed E-state index contributed by atoms with van der Waals surface area (Å²) in [5, 5.41) is 10.6. The molecule has 0 saturated heterocycles. The first-order valence-electron chi connectivity index (χ1n) is 15.8. The van der Waals surface area contributed by atoms with E-state index in [1.54, 1.807) is 6.92 Å². The minimum Gasteiger partial charge on any atom is -0.359 e. The Morgan fingerprint density at radius 2 is 1.58 bits per heavy atom. The van der Waals surface area contributed by atoms with Crippen molar-refractivity contribution in [1.29, 1.82) is 5.41 Å². The number of hydrogen-bond donors (Lipinski definition) is 2. The van der Waals surface area contributed by atoms with E-state index in [0.29, 0.717) is 22.9 Å². The van der Waals surface area contributed by atoms with Crippen LogP contribution in [0, 0.1) is 70.1 Å². The highest BCUT2D eigenvalue weighted by Gasteiger charge is 2.55. The van der Waals surface area contributed by atoms with Crippen LogP contribution in [-0.2, 0) is 0 Å². The van der Waals surface area contributed by atoms with Crippen molar-refractivity contribution < 1.29 is 19.0 Å².